The second-order valence-corrected chi connectivity index (χ2v) is 5.04. The van der Waals surface area contributed by atoms with Gasteiger partial charge >= 0.3 is 11.9 Å². The first-order chi connectivity index (χ1) is 9.21. The zero-order valence-corrected chi connectivity index (χ0v) is 11.3. The second kappa shape index (κ2) is 4.99. The molecular weight excluding hydrogens is 275 g/mol. The van der Waals surface area contributed by atoms with Gasteiger partial charge in [0.2, 0.25) is 0 Å². The summed E-state index contributed by atoms with van der Waals surface area (Å²) >= 11 is 0. The van der Waals surface area contributed by atoms with Gasteiger partial charge in [0.25, 0.3) is 5.56 Å². The minimum absolute atomic E-state index is 0.0209. The molecule has 1 aliphatic rings. The average molecular weight is 291 g/mol. The van der Waals surface area contributed by atoms with Crippen LogP contribution in [0.2, 0.25) is 0 Å². The smallest absolute Gasteiger partial charge is 0.358 e. The van der Waals surface area contributed by atoms with E-state index in [0.717, 1.165) is 4.57 Å². The molecule has 5 nitrogen and oxygen atoms in total. The van der Waals surface area contributed by atoms with Crippen molar-refractivity contribution in [1.82, 2.24) is 9.13 Å². The van der Waals surface area contributed by atoms with E-state index in [2.05, 4.69) is 0 Å². The third-order valence-electron chi connectivity index (χ3n) is 3.78. The van der Waals surface area contributed by atoms with Crippen molar-refractivity contribution in [2.75, 3.05) is 18.0 Å². The Kier molecular flexibility index (Phi) is 3.66. The molecule has 112 valence electrons. The van der Waals surface area contributed by atoms with E-state index in [4.69, 9.17) is 0 Å². The standard InChI is InChI=1S/C12H16F3N3O2/c1-16-9(7-10(19)17(2)11(16)20)18-5-3-8(4-6-18)12(13,14)15/h7-8H,3-6H2,1-2H3. The maximum atomic E-state index is 12.6. The highest BCUT2D eigenvalue weighted by Gasteiger charge is 2.41. The van der Waals surface area contributed by atoms with E-state index in [1.807, 2.05) is 0 Å². The minimum Gasteiger partial charge on any atom is -0.358 e. The Balaban J connectivity index is 2.24. The summed E-state index contributed by atoms with van der Waals surface area (Å²) in [5.74, 6) is -0.930. The van der Waals surface area contributed by atoms with E-state index in [9.17, 15) is 22.8 Å². The molecule has 1 aliphatic heterocycles. The molecule has 0 unspecified atom stereocenters. The van der Waals surface area contributed by atoms with Gasteiger partial charge in [0.1, 0.15) is 5.82 Å². The third-order valence-corrected chi connectivity index (χ3v) is 3.78. The summed E-state index contributed by atoms with van der Waals surface area (Å²) < 4.78 is 40.1. The summed E-state index contributed by atoms with van der Waals surface area (Å²) in [6.45, 7) is 0.370. The summed E-state index contributed by atoms with van der Waals surface area (Å²) in [4.78, 5) is 25.1. The van der Waals surface area contributed by atoms with Crippen molar-refractivity contribution < 1.29 is 13.2 Å². The van der Waals surface area contributed by atoms with Crippen molar-refractivity contribution in [2.24, 2.45) is 20.0 Å². The van der Waals surface area contributed by atoms with Crippen molar-refractivity contribution in [3.63, 3.8) is 0 Å². The van der Waals surface area contributed by atoms with Gasteiger partial charge in [0, 0.05) is 33.3 Å². The number of aromatic nitrogens is 2. The van der Waals surface area contributed by atoms with Crippen LogP contribution < -0.4 is 16.1 Å². The molecule has 20 heavy (non-hydrogen) atoms. The normalized spacial score (nSPS) is 17.6. The Morgan fingerprint density at radius 3 is 2.15 bits per heavy atom. The van der Waals surface area contributed by atoms with Crippen LogP contribution in [0.25, 0.3) is 0 Å². The number of alkyl halides is 3. The maximum absolute atomic E-state index is 12.6. The molecule has 0 N–H and O–H groups in total. The van der Waals surface area contributed by atoms with Gasteiger partial charge in [-0.1, -0.05) is 0 Å². The highest BCUT2D eigenvalue weighted by Crippen LogP contribution is 2.34. The molecule has 0 radical (unpaired) electrons. The van der Waals surface area contributed by atoms with Gasteiger partial charge in [-0.2, -0.15) is 13.2 Å². The topological polar surface area (TPSA) is 47.2 Å². The molecule has 2 rings (SSSR count). The molecule has 1 fully saturated rings. The SMILES string of the molecule is Cn1c(N2CCC(C(F)(F)F)CC2)cc(=O)n(C)c1=O. The van der Waals surface area contributed by atoms with Crippen LogP contribution >= 0.6 is 0 Å². The van der Waals surface area contributed by atoms with Gasteiger partial charge in [-0.3, -0.25) is 13.9 Å². The Bertz CT molecular complexity index is 610. The molecule has 0 atom stereocenters. The van der Waals surface area contributed by atoms with Crippen LogP contribution in [0, 0.1) is 5.92 Å². The van der Waals surface area contributed by atoms with E-state index in [1.165, 1.54) is 24.7 Å². The zero-order chi connectivity index (χ0) is 15.1. The molecule has 0 aliphatic carbocycles. The van der Waals surface area contributed by atoms with E-state index in [0.29, 0.717) is 5.82 Å². The lowest BCUT2D eigenvalue weighted by molar-refractivity contribution is -0.179. The first-order valence-electron chi connectivity index (χ1n) is 6.30. The van der Waals surface area contributed by atoms with E-state index in [1.54, 1.807) is 4.90 Å². The van der Waals surface area contributed by atoms with Crippen LogP contribution in [0.3, 0.4) is 0 Å². The lowest BCUT2D eigenvalue weighted by atomic mass is 9.96. The van der Waals surface area contributed by atoms with Crippen LogP contribution in [0.1, 0.15) is 12.8 Å². The number of anilines is 1. The van der Waals surface area contributed by atoms with Crippen molar-refractivity contribution in [2.45, 2.75) is 19.0 Å². The van der Waals surface area contributed by atoms with Crippen LogP contribution in [-0.2, 0) is 14.1 Å². The molecule has 1 aromatic heterocycles. The molecule has 0 bridgehead atoms. The summed E-state index contributed by atoms with van der Waals surface area (Å²) in [6, 6.07) is 1.29. The molecule has 2 heterocycles. The summed E-state index contributed by atoms with van der Waals surface area (Å²) in [6.07, 6.45) is -4.22. The van der Waals surface area contributed by atoms with Gasteiger partial charge in [-0.05, 0) is 12.8 Å². The Hall–Kier alpha value is -1.73. The predicted molar refractivity (Wildman–Crippen MR) is 67.9 cm³/mol. The quantitative estimate of drug-likeness (QED) is 0.771. The third kappa shape index (κ3) is 2.59. The van der Waals surface area contributed by atoms with Gasteiger partial charge in [-0.25, -0.2) is 4.79 Å². The van der Waals surface area contributed by atoms with Gasteiger partial charge in [-0.15, -0.1) is 0 Å². The van der Waals surface area contributed by atoms with E-state index < -0.39 is 23.3 Å². The fourth-order valence-corrected chi connectivity index (χ4v) is 2.46. The largest absolute Gasteiger partial charge is 0.391 e. The van der Waals surface area contributed by atoms with Gasteiger partial charge < -0.3 is 4.90 Å². The summed E-state index contributed by atoms with van der Waals surface area (Å²) in [5, 5.41) is 0. The van der Waals surface area contributed by atoms with Crippen LogP contribution in [0.15, 0.2) is 15.7 Å². The molecular formula is C12H16F3N3O2. The van der Waals surface area contributed by atoms with Gasteiger partial charge in [0.15, 0.2) is 0 Å². The molecule has 8 heteroatoms. The number of halogens is 3. The highest BCUT2D eigenvalue weighted by atomic mass is 19.4. The van der Waals surface area contributed by atoms with E-state index >= 15 is 0 Å². The summed E-state index contributed by atoms with van der Waals surface area (Å²) in [5.41, 5.74) is -0.938. The summed E-state index contributed by atoms with van der Waals surface area (Å²) in [7, 11) is 2.87. The van der Waals surface area contributed by atoms with Crippen molar-refractivity contribution in [1.29, 1.82) is 0 Å². The predicted octanol–water partition coefficient (Wildman–Crippen LogP) is 0.863. The van der Waals surface area contributed by atoms with Crippen LogP contribution in [0.4, 0.5) is 19.0 Å². The Morgan fingerprint density at radius 2 is 1.65 bits per heavy atom. The van der Waals surface area contributed by atoms with Crippen LogP contribution in [0.5, 0.6) is 0 Å². The lowest BCUT2D eigenvalue weighted by Crippen LogP contribution is -2.44. The number of piperidine rings is 1. The fourth-order valence-electron chi connectivity index (χ4n) is 2.46. The minimum atomic E-state index is -4.18. The van der Waals surface area contributed by atoms with Crippen molar-refractivity contribution >= 4 is 5.82 Å². The number of rotatable bonds is 1. The highest BCUT2D eigenvalue weighted by molar-refractivity contribution is 5.38. The Labute approximate surface area is 113 Å². The molecule has 0 aromatic carbocycles. The van der Waals surface area contributed by atoms with Crippen LogP contribution in [-0.4, -0.2) is 28.4 Å². The van der Waals surface area contributed by atoms with E-state index in [-0.39, 0.29) is 25.9 Å². The number of hydrogen-bond acceptors (Lipinski definition) is 3. The second-order valence-electron chi connectivity index (χ2n) is 5.04. The zero-order valence-electron chi connectivity index (χ0n) is 11.3. The van der Waals surface area contributed by atoms with Gasteiger partial charge in [0.05, 0.1) is 5.92 Å². The number of nitrogens with zero attached hydrogens (tertiary/aromatic N) is 3. The molecule has 0 spiro atoms. The first kappa shape index (κ1) is 14.7. The molecule has 1 aromatic rings. The first-order valence-corrected chi connectivity index (χ1v) is 6.30. The average Bonchev–Trinajstić information content (AvgIpc) is 2.40. The number of hydrogen-bond donors (Lipinski definition) is 0. The molecule has 1 saturated heterocycles. The monoisotopic (exact) mass is 291 g/mol. The maximum Gasteiger partial charge on any atom is 0.391 e. The van der Waals surface area contributed by atoms with Crippen molar-refractivity contribution in [3.8, 4) is 0 Å². The Morgan fingerprint density at radius 1 is 1.10 bits per heavy atom. The molecule has 0 amide bonds. The van der Waals surface area contributed by atoms with Crippen molar-refractivity contribution in [3.05, 3.63) is 26.9 Å². The lowest BCUT2D eigenvalue weighted by Gasteiger charge is -2.34. The fraction of sp³-hybridized carbons (Fsp3) is 0.667. The molecule has 0 saturated carbocycles.